The summed E-state index contributed by atoms with van der Waals surface area (Å²) in [7, 11) is 5.73. The predicted octanol–water partition coefficient (Wildman–Crippen LogP) is 1.90. The quantitative estimate of drug-likeness (QED) is 0.729. The Kier molecular flexibility index (Phi) is 5.73. The summed E-state index contributed by atoms with van der Waals surface area (Å²) in [5, 5.41) is 3.11. The summed E-state index contributed by atoms with van der Waals surface area (Å²) in [6.45, 7) is 6.70. The van der Waals surface area contributed by atoms with Crippen molar-refractivity contribution in [2.45, 2.75) is 6.54 Å². The van der Waals surface area contributed by atoms with Gasteiger partial charge < -0.3 is 10.1 Å². The highest BCUT2D eigenvalue weighted by atomic mass is 16.5. The van der Waals surface area contributed by atoms with E-state index in [0.717, 1.165) is 25.4 Å². The van der Waals surface area contributed by atoms with Gasteiger partial charge in [-0.05, 0) is 37.4 Å². The standard InChI is InChI=1S/C14H22N2O/c1-12(9-15-2)10-16(3)11-13-6-5-7-14(8-13)17-4/h5-8,15H,1,9-11H2,2-4H3. The number of rotatable bonds is 7. The second-order valence-corrected chi connectivity index (χ2v) is 4.30. The smallest absolute Gasteiger partial charge is 0.119 e. The Morgan fingerprint density at radius 1 is 1.47 bits per heavy atom. The van der Waals surface area contributed by atoms with Gasteiger partial charge in [-0.15, -0.1) is 0 Å². The van der Waals surface area contributed by atoms with Crippen LogP contribution in [0.2, 0.25) is 0 Å². The molecule has 0 aliphatic rings. The average molecular weight is 234 g/mol. The summed E-state index contributed by atoms with van der Waals surface area (Å²) in [5.74, 6) is 0.907. The number of benzene rings is 1. The maximum atomic E-state index is 5.21. The van der Waals surface area contributed by atoms with Gasteiger partial charge in [-0.3, -0.25) is 4.90 Å². The van der Waals surface area contributed by atoms with Crippen LogP contribution in [0.15, 0.2) is 36.4 Å². The van der Waals surface area contributed by atoms with Gasteiger partial charge in [0.1, 0.15) is 5.75 Å². The third-order valence-electron chi connectivity index (χ3n) is 2.51. The minimum Gasteiger partial charge on any atom is -0.497 e. The number of nitrogens with one attached hydrogen (secondary N) is 1. The van der Waals surface area contributed by atoms with Gasteiger partial charge in [0.15, 0.2) is 0 Å². The van der Waals surface area contributed by atoms with Gasteiger partial charge in [-0.25, -0.2) is 0 Å². The van der Waals surface area contributed by atoms with Crippen LogP contribution in [-0.2, 0) is 6.54 Å². The summed E-state index contributed by atoms with van der Waals surface area (Å²) >= 11 is 0. The largest absolute Gasteiger partial charge is 0.497 e. The monoisotopic (exact) mass is 234 g/mol. The zero-order valence-electron chi connectivity index (χ0n) is 11.0. The first-order valence-electron chi connectivity index (χ1n) is 5.78. The molecule has 17 heavy (non-hydrogen) atoms. The second kappa shape index (κ2) is 7.09. The zero-order chi connectivity index (χ0) is 12.7. The Morgan fingerprint density at radius 2 is 2.24 bits per heavy atom. The van der Waals surface area contributed by atoms with E-state index in [1.54, 1.807) is 7.11 Å². The zero-order valence-corrected chi connectivity index (χ0v) is 11.0. The van der Waals surface area contributed by atoms with E-state index in [9.17, 15) is 0 Å². The van der Waals surface area contributed by atoms with Crippen molar-refractivity contribution < 1.29 is 4.74 Å². The molecule has 1 N–H and O–H groups in total. The van der Waals surface area contributed by atoms with Crippen molar-refractivity contribution >= 4 is 0 Å². The molecule has 3 heteroatoms. The molecule has 94 valence electrons. The van der Waals surface area contributed by atoms with Crippen LogP contribution in [0.1, 0.15) is 5.56 Å². The van der Waals surface area contributed by atoms with Crippen LogP contribution in [0.5, 0.6) is 5.75 Å². The van der Waals surface area contributed by atoms with Gasteiger partial charge >= 0.3 is 0 Å². The Bertz CT molecular complexity index is 363. The van der Waals surface area contributed by atoms with Gasteiger partial charge in [0.2, 0.25) is 0 Å². The molecule has 1 aromatic rings. The van der Waals surface area contributed by atoms with E-state index in [1.807, 2.05) is 19.2 Å². The van der Waals surface area contributed by atoms with Crippen molar-refractivity contribution in [1.82, 2.24) is 10.2 Å². The Labute approximate surface area is 104 Å². The first-order valence-corrected chi connectivity index (χ1v) is 5.78. The summed E-state index contributed by atoms with van der Waals surface area (Å²) < 4.78 is 5.21. The molecule has 1 rings (SSSR count). The van der Waals surface area contributed by atoms with E-state index in [0.29, 0.717) is 0 Å². The number of ether oxygens (including phenoxy) is 1. The van der Waals surface area contributed by atoms with Gasteiger partial charge in [0.25, 0.3) is 0 Å². The molecule has 0 aromatic heterocycles. The lowest BCUT2D eigenvalue weighted by molar-refractivity contribution is 0.351. The molecular formula is C14H22N2O. The molecule has 0 radical (unpaired) electrons. The first-order chi connectivity index (χ1) is 8.15. The Balaban J connectivity index is 2.49. The molecule has 0 amide bonds. The van der Waals surface area contributed by atoms with Crippen LogP contribution in [0.25, 0.3) is 0 Å². The lowest BCUT2D eigenvalue weighted by Gasteiger charge is -2.18. The van der Waals surface area contributed by atoms with Crippen LogP contribution in [0, 0.1) is 0 Å². The average Bonchev–Trinajstić information content (AvgIpc) is 2.29. The summed E-state index contributed by atoms with van der Waals surface area (Å²) in [6, 6.07) is 8.16. The highest BCUT2D eigenvalue weighted by molar-refractivity contribution is 5.28. The van der Waals surface area contributed by atoms with Gasteiger partial charge in [-0.1, -0.05) is 18.7 Å². The van der Waals surface area contributed by atoms with Crippen LogP contribution in [-0.4, -0.2) is 39.2 Å². The molecule has 0 bridgehead atoms. The van der Waals surface area contributed by atoms with Crippen molar-refractivity contribution in [3.63, 3.8) is 0 Å². The van der Waals surface area contributed by atoms with Crippen molar-refractivity contribution in [3.8, 4) is 5.75 Å². The highest BCUT2D eigenvalue weighted by Gasteiger charge is 2.03. The van der Waals surface area contributed by atoms with Crippen molar-refractivity contribution in [1.29, 1.82) is 0 Å². The molecule has 0 saturated carbocycles. The predicted molar refractivity (Wildman–Crippen MR) is 72.4 cm³/mol. The van der Waals surface area contributed by atoms with E-state index in [1.165, 1.54) is 11.1 Å². The number of methoxy groups -OCH3 is 1. The molecule has 1 aromatic carbocycles. The number of hydrogen-bond acceptors (Lipinski definition) is 3. The SMILES string of the molecule is C=C(CNC)CN(C)Cc1cccc(OC)c1. The molecule has 0 unspecified atom stereocenters. The fraction of sp³-hybridized carbons (Fsp3) is 0.429. The van der Waals surface area contributed by atoms with Gasteiger partial charge in [-0.2, -0.15) is 0 Å². The molecule has 0 heterocycles. The third-order valence-corrected chi connectivity index (χ3v) is 2.51. The van der Waals surface area contributed by atoms with E-state index in [-0.39, 0.29) is 0 Å². The van der Waals surface area contributed by atoms with Gasteiger partial charge in [0.05, 0.1) is 7.11 Å². The minimum absolute atomic E-state index is 0.864. The lowest BCUT2D eigenvalue weighted by Crippen LogP contribution is -2.24. The number of hydrogen-bond donors (Lipinski definition) is 1. The van der Waals surface area contributed by atoms with Crippen LogP contribution in [0.3, 0.4) is 0 Å². The Hall–Kier alpha value is -1.32. The molecule has 0 spiro atoms. The Morgan fingerprint density at radius 3 is 2.88 bits per heavy atom. The second-order valence-electron chi connectivity index (χ2n) is 4.30. The first kappa shape index (κ1) is 13.7. The van der Waals surface area contributed by atoms with Crippen LogP contribution < -0.4 is 10.1 Å². The molecule has 0 saturated heterocycles. The third kappa shape index (κ3) is 5.02. The van der Waals surface area contributed by atoms with Gasteiger partial charge in [0, 0.05) is 19.6 Å². The summed E-state index contributed by atoms with van der Waals surface area (Å²) in [4.78, 5) is 2.24. The topological polar surface area (TPSA) is 24.5 Å². The van der Waals surface area contributed by atoms with E-state index < -0.39 is 0 Å². The molecule has 0 aliphatic carbocycles. The van der Waals surface area contributed by atoms with Crippen LogP contribution >= 0.6 is 0 Å². The fourth-order valence-electron chi connectivity index (χ4n) is 1.83. The molecule has 0 aliphatic heterocycles. The van der Waals surface area contributed by atoms with Crippen LogP contribution in [0.4, 0.5) is 0 Å². The van der Waals surface area contributed by atoms with E-state index in [4.69, 9.17) is 4.74 Å². The lowest BCUT2D eigenvalue weighted by atomic mass is 10.2. The summed E-state index contributed by atoms with van der Waals surface area (Å²) in [5.41, 5.74) is 2.45. The minimum atomic E-state index is 0.864. The normalized spacial score (nSPS) is 10.6. The van der Waals surface area contributed by atoms with E-state index in [2.05, 4.69) is 36.0 Å². The highest BCUT2D eigenvalue weighted by Crippen LogP contribution is 2.14. The molecular weight excluding hydrogens is 212 g/mol. The maximum absolute atomic E-state index is 5.21. The van der Waals surface area contributed by atoms with E-state index >= 15 is 0 Å². The molecule has 3 nitrogen and oxygen atoms in total. The molecule has 0 fully saturated rings. The number of likely N-dealkylation sites (N-methyl/N-ethyl adjacent to an activating group) is 2. The van der Waals surface area contributed by atoms with Crippen molar-refractivity contribution in [2.75, 3.05) is 34.3 Å². The van der Waals surface area contributed by atoms with Crippen molar-refractivity contribution in [2.24, 2.45) is 0 Å². The molecule has 0 atom stereocenters. The maximum Gasteiger partial charge on any atom is 0.119 e. The fourth-order valence-corrected chi connectivity index (χ4v) is 1.83. The number of nitrogens with zero attached hydrogens (tertiary/aromatic N) is 1. The van der Waals surface area contributed by atoms with Crippen molar-refractivity contribution in [3.05, 3.63) is 42.0 Å². The summed E-state index contributed by atoms with van der Waals surface area (Å²) in [6.07, 6.45) is 0.